The van der Waals surface area contributed by atoms with E-state index in [9.17, 15) is 18.5 Å². The standard InChI is InChI=1S/C19H19N7O5S/c1-32(29,30)19-24-16(22-11-12-7-3-2-4-8-12)15(26(27)28)17(25-19)31-14-10-6-5-9-13(14)23-18(20)21/h2-10H,11H2,1H3,(H4,20,21,23)(H,22,24,25). The average Bonchev–Trinajstić information content (AvgIpc) is 2.73. The molecule has 0 aliphatic heterocycles. The van der Waals surface area contributed by atoms with Crippen molar-refractivity contribution < 1.29 is 18.1 Å². The molecule has 0 unspecified atom stereocenters. The normalized spacial score (nSPS) is 10.9. The highest BCUT2D eigenvalue weighted by molar-refractivity contribution is 7.90. The summed E-state index contributed by atoms with van der Waals surface area (Å²) in [7, 11) is -3.93. The molecule has 0 saturated carbocycles. The van der Waals surface area contributed by atoms with Crippen LogP contribution in [-0.4, -0.2) is 35.5 Å². The topological polar surface area (TPSA) is 186 Å². The molecule has 0 fully saturated rings. The molecule has 3 rings (SSSR count). The van der Waals surface area contributed by atoms with Crippen LogP contribution in [0.2, 0.25) is 0 Å². The molecule has 0 atom stereocenters. The predicted octanol–water partition coefficient (Wildman–Crippen LogP) is 2.50. The van der Waals surface area contributed by atoms with Gasteiger partial charge >= 0.3 is 11.6 Å². The smallest absolute Gasteiger partial charge is 0.373 e. The van der Waals surface area contributed by atoms with E-state index in [0.29, 0.717) is 0 Å². The summed E-state index contributed by atoms with van der Waals surface area (Å²) in [4.78, 5) is 18.7. The molecular weight excluding hydrogens is 438 g/mol. The molecule has 0 aliphatic carbocycles. The second-order valence-corrected chi connectivity index (χ2v) is 8.42. The van der Waals surface area contributed by atoms with E-state index in [1.807, 2.05) is 6.07 Å². The van der Waals surface area contributed by atoms with Crippen LogP contribution in [0.5, 0.6) is 11.6 Å². The van der Waals surface area contributed by atoms with Crippen LogP contribution in [0.1, 0.15) is 5.56 Å². The Morgan fingerprint density at radius 2 is 1.81 bits per heavy atom. The third-order valence-corrected chi connectivity index (χ3v) is 4.86. The number of guanidine groups is 1. The minimum atomic E-state index is -3.93. The quantitative estimate of drug-likeness (QED) is 0.129. The minimum absolute atomic E-state index is 0.0398. The monoisotopic (exact) mass is 457 g/mol. The number of nitrogens with zero attached hydrogens (tertiary/aromatic N) is 3. The van der Waals surface area contributed by atoms with Crippen molar-refractivity contribution in [3.8, 4) is 11.6 Å². The van der Waals surface area contributed by atoms with Gasteiger partial charge in [-0.05, 0) is 17.7 Å². The van der Waals surface area contributed by atoms with Crippen LogP contribution >= 0.6 is 0 Å². The summed E-state index contributed by atoms with van der Waals surface area (Å²) in [6.07, 6.45) is 0.879. The molecule has 0 aliphatic rings. The van der Waals surface area contributed by atoms with Gasteiger partial charge in [-0.3, -0.25) is 15.5 Å². The Morgan fingerprint density at radius 1 is 1.16 bits per heavy atom. The highest BCUT2D eigenvalue weighted by Crippen LogP contribution is 2.38. The number of sulfone groups is 1. The summed E-state index contributed by atoms with van der Waals surface area (Å²) < 4.78 is 29.9. The second-order valence-electron chi connectivity index (χ2n) is 6.51. The molecule has 0 radical (unpaired) electrons. The van der Waals surface area contributed by atoms with Crippen molar-refractivity contribution in [2.45, 2.75) is 11.7 Å². The fourth-order valence-corrected chi connectivity index (χ4v) is 3.14. The average molecular weight is 457 g/mol. The first-order chi connectivity index (χ1) is 15.1. The number of ether oxygens (including phenoxy) is 1. The van der Waals surface area contributed by atoms with Crippen LogP contribution in [0.15, 0.2) is 59.8 Å². The lowest BCUT2D eigenvalue weighted by Crippen LogP contribution is -2.20. The number of nitrogens with one attached hydrogen (secondary N) is 3. The molecule has 0 saturated heterocycles. The lowest BCUT2D eigenvalue weighted by atomic mass is 10.2. The zero-order valence-electron chi connectivity index (χ0n) is 16.8. The maximum atomic E-state index is 12.1. The van der Waals surface area contributed by atoms with Gasteiger partial charge in [-0.15, -0.1) is 0 Å². The number of nitro groups is 1. The van der Waals surface area contributed by atoms with Gasteiger partial charge in [0.1, 0.15) is 0 Å². The molecular formula is C19H19N7O5S. The third kappa shape index (κ3) is 5.46. The Bertz CT molecular complexity index is 1270. The van der Waals surface area contributed by atoms with E-state index < -0.39 is 31.5 Å². The van der Waals surface area contributed by atoms with Gasteiger partial charge < -0.3 is 21.1 Å². The van der Waals surface area contributed by atoms with Gasteiger partial charge in [0.2, 0.25) is 15.7 Å². The van der Waals surface area contributed by atoms with Crippen LogP contribution in [0.3, 0.4) is 0 Å². The van der Waals surface area contributed by atoms with Gasteiger partial charge in [-0.2, -0.15) is 9.97 Å². The molecule has 1 aromatic heterocycles. The first-order valence-electron chi connectivity index (χ1n) is 9.07. The largest absolute Gasteiger partial charge is 0.431 e. The van der Waals surface area contributed by atoms with Gasteiger partial charge in [-0.1, -0.05) is 42.5 Å². The Balaban J connectivity index is 2.10. The molecule has 13 heteroatoms. The van der Waals surface area contributed by atoms with Crippen LogP contribution < -0.4 is 21.1 Å². The van der Waals surface area contributed by atoms with Crippen LogP contribution in [0.4, 0.5) is 17.2 Å². The van der Waals surface area contributed by atoms with E-state index in [1.165, 1.54) is 12.1 Å². The number of aromatic nitrogens is 2. The highest BCUT2D eigenvalue weighted by Gasteiger charge is 2.30. The van der Waals surface area contributed by atoms with Crippen molar-refractivity contribution in [2.24, 2.45) is 5.73 Å². The van der Waals surface area contributed by atoms with Gasteiger partial charge in [0.25, 0.3) is 5.16 Å². The lowest BCUT2D eigenvalue weighted by molar-refractivity contribution is -0.385. The lowest BCUT2D eigenvalue weighted by Gasteiger charge is -2.14. The van der Waals surface area contributed by atoms with E-state index in [0.717, 1.165) is 11.8 Å². The molecule has 3 aromatic rings. The number of hydrogen-bond acceptors (Lipinski definition) is 9. The van der Waals surface area contributed by atoms with Gasteiger partial charge in [0.15, 0.2) is 11.7 Å². The van der Waals surface area contributed by atoms with E-state index in [2.05, 4.69) is 20.6 Å². The first kappa shape index (κ1) is 22.4. The maximum Gasteiger partial charge on any atom is 0.373 e. The number of nitrogens with two attached hydrogens (primary N) is 1. The number of anilines is 2. The van der Waals surface area contributed by atoms with E-state index in [1.54, 1.807) is 36.4 Å². The predicted molar refractivity (Wildman–Crippen MR) is 118 cm³/mol. The number of para-hydroxylation sites is 2. The summed E-state index contributed by atoms with van der Waals surface area (Å²) in [6, 6.07) is 15.2. The second kappa shape index (κ2) is 9.26. The Kier molecular flexibility index (Phi) is 6.49. The van der Waals surface area contributed by atoms with Gasteiger partial charge in [-0.25, -0.2) is 8.42 Å². The molecule has 12 nitrogen and oxygen atoms in total. The van der Waals surface area contributed by atoms with E-state index in [4.69, 9.17) is 15.9 Å². The zero-order chi connectivity index (χ0) is 23.3. The van der Waals surface area contributed by atoms with Crippen LogP contribution in [0, 0.1) is 15.5 Å². The first-order valence-corrected chi connectivity index (χ1v) is 11.0. The molecule has 2 aromatic carbocycles. The number of hydrogen-bond donors (Lipinski definition) is 4. The van der Waals surface area contributed by atoms with Gasteiger partial charge in [0, 0.05) is 12.8 Å². The van der Waals surface area contributed by atoms with Crippen molar-refractivity contribution in [3.63, 3.8) is 0 Å². The van der Waals surface area contributed by atoms with Crippen molar-refractivity contribution >= 4 is 33.0 Å². The molecule has 0 spiro atoms. The summed E-state index contributed by atoms with van der Waals surface area (Å²) in [5.74, 6) is -1.25. The van der Waals surface area contributed by atoms with E-state index in [-0.39, 0.29) is 29.8 Å². The number of rotatable bonds is 8. The third-order valence-electron chi connectivity index (χ3n) is 4.01. The Hall–Kier alpha value is -4.26. The van der Waals surface area contributed by atoms with E-state index >= 15 is 0 Å². The van der Waals surface area contributed by atoms with Crippen molar-refractivity contribution in [1.29, 1.82) is 5.41 Å². The summed E-state index contributed by atoms with van der Waals surface area (Å²) in [6.45, 7) is 0.143. The Morgan fingerprint density at radius 3 is 2.44 bits per heavy atom. The van der Waals surface area contributed by atoms with Gasteiger partial charge in [0.05, 0.1) is 10.6 Å². The number of benzene rings is 2. The van der Waals surface area contributed by atoms with Crippen LogP contribution in [0.25, 0.3) is 0 Å². The van der Waals surface area contributed by atoms with Crippen molar-refractivity contribution in [1.82, 2.24) is 9.97 Å². The summed E-state index contributed by atoms with van der Waals surface area (Å²) in [5, 5.41) is 23.9. The zero-order valence-corrected chi connectivity index (χ0v) is 17.6. The molecule has 1 heterocycles. The molecule has 166 valence electrons. The fourth-order valence-electron chi connectivity index (χ4n) is 2.63. The highest BCUT2D eigenvalue weighted by atomic mass is 32.2. The SMILES string of the molecule is CS(=O)(=O)c1nc(NCc2ccccc2)c([N+](=O)[O-])c(Oc2ccccc2NC(=N)N)n1. The fraction of sp³-hybridized carbons (Fsp3) is 0.105. The minimum Gasteiger partial charge on any atom is -0.431 e. The van der Waals surface area contributed by atoms with Crippen molar-refractivity contribution in [2.75, 3.05) is 16.9 Å². The van der Waals surface area contributed by atoms with Crippen molar-refractivity contribution in [3.05, 3.63) is 70.3 Å². The Labute approximate surface area is 183 Å². The van der Waals surface area contributed by atoms with Crippen LogP contribution in [-0.2, 0) is 16.4 Å². The molecule has 0 amide bonds. The molecule has 5 N–H and O–H groups in total. The summed E-state index contributed by atoms with van der Waals surface area (Å²) >= 11 is 0. The molecule has 32 heavy (non-hydrogen) atoms. The molecule has 0 bridgehead atoms. The summed E-state index contributed by atoms with van der Waals surface area (Å²) in [5.41, 5.74) is 5.73. The maximum absolute atomic E-state index is 12.1.